The fourth-order valence-electron chi connectivity index (χ4n) is 1.57. The van der Waals surface area contributed by atoms with Gasteiger partial charge in [0.25, 0.3) is 0 Å². The molecule has 0 radical (unpaired) electrons. The molecule has 0 aliphatic carbocycles. The lowest BCUT2D eigenvalue weighted by Crippen LogP contribution is -2.23. The van der Waals surface area contributed by atoms with E-state index in [0.717, 1.165) is 6.42 Å². The van der Waals surface area contributed by atoms with Crippen LogP contribution >= 0.6 is 0 Å². The maximum Gasteiger partial charge on any atom is 0.158 e. The van der Waals surface area contributed by atoms with E-state index >= 15 is 0 Å². The predicted octanol–water partition coefficient (Wildman–Crippen LogP) is 1.99. The van der Waals surface area contributed by atoms with Gasteiger partial charge in [-0.1, -0.05) is 13.8 Å². The summed E-state index contributed by atoms with van der Waals surface area (Å²) in [4.78, 5) is 11.5. The Morgan fingerprint density at radius 2 is 1.87 bits per heavy atom. The van der Waals surface area contributed by atoms with Crippen molar-refractivity contribution >= 4 is 5.78 Å². The van der Waals surface area contributed by atoms with Crippen molar-refractivity contribution in [2.45, 2.75) is 46.6 Å². The van der Waals surface area contributed by atoms with E-state index in [1.165, 1.54) is 0 Å². The summed E-state index contributed by atoms with van der Waals surface area (Å²) in [6.07, 6.45) is 1.70. The Labute approximate surface area is 93.4 Å². The van der Waals surface area contributed by atoms with E-state index in [4.69, 9.17) is 10.5 Å². The molecule has 1 unspecified atom stereocenters. The van der Waals surface area contributed by atoms with Crippen LogP contribution in [0.25, 0.3) is 0 Å². The molecule has 0 aromatic carbocycles. The minimum atomic E-state index is 0.121. The highest BCUT2D eigenvalue weighted by Gasteiger charge is 2.14. The molecule has 0 amide bonds. The second-order valence-electron chi connectivity index (χ2n) is 4.83. The van der Waals surface area contributed by atoms with Gasteiger partial charge in [-0.3, -0.25) is 4.79 Å². The van der Waals surface area contributed by atoms with E-state index in [-0.39, 0.29) is 18.5 Å². The van der Waals surface area contributed by atoms with E-state index in [1.807, 2.05) is 13.8 Å². The van der Waals surface area contributed by atoms with Crippen molar-refractivity contribution in [1.29, 1.82) is 0 Å². The van der Waals surface area contributed by atoms with Crippen molar-refractivity contribution in [3.8, 4) is 0 Å². The Hall–Kier alpha value is -0.410. The zero-order valence-corrected chi connectivity index (χ0v) is 10.5. The minimum absolute atomic E-state index is 0.121. The number of carbonyl (C=O) groups excluding carboxylic acids is 1. The summed E-state index contributed by atoms with van der Waals surface area (Å²) < 4.78 is 5.26. The summed E-state index contributed by atoms with van der Waals surface area (Å²) in [5, 5.41) is 0. The van der Waals surface area contributed by atoms with Gasteiger partial charge < -0.3 is 10.5 Å². The van der Waals surface area contributed by atoms with Gasteiger partial charge in [-0.25, -0.2) is 0 Å². The van der Waals surface area contributed by atoms with Crippen molar-refractivity contribution in [3.63, 3.8) is 0 Å². The first kappa shape index (κ1) is 14.6. The number of rotatable bonds is 8. The predicted molar refractivity (Wildman–Crippen MR) is 62.7 cm³/mol. The fraction of sp³-hybridized carbons (Fsp3) is 0.917. The molecular formula is C12H25NO2. The van der Waals surface area contributed by atoms with E-state index in [1.54, 1.807) is 0 Å². The molecule has 0 spiro atoms. The Morgan fingerprint density at radius 3 is 2.27 bits per heavy atom. The molecule has 0 saturated carbocycles. The molecule has 3 heteroatoms. The molecule has 0 aromatic rings. The third-order valence-electron chi connectivity index (χ3n) is 2.23. The van der Waals surface area contributed by atoms with Gasteiger partial charge in [0.05, 0.1) is 6.10 Å². The zero-order valence-electron chi connectivity index (χ0n) is 10.5. The third-order valence-corrected chi connectivity index (χ3v) is 2.23. The second-order valence-corrected chi connectivity index (χ2v) is 4.83. The maximum absolute atomic E-state index is 11.5. The lowest BCUT2D eigenvalue weighted by molar-refractivity contribution is -0.125. The lowest BCUT2D eigenvalue weighted by Gasteiger charge is -2.16. The van der Waals surface area contributed by atoms with Crippen molar-refractivity contribution in [3.05, 3.63) is 0 Å². The maximum atomic E-state index is 11.5. The van der Waals surface area contributed by atoms with Crippen LogP contribution < -0.4 is 5.73 Å². The SMILES string of the molecule is CC(C)CC(CN)CC(=O)COC(C)C. The molecule has 0 aromatic heterocycles. The Bertz CT molecular complexity index is 178. The molecule has 0 saturated heterocycles. The quantitative estimate of drug-likeness (QED) is 0.673. The smallest absolute Gasteiger partial charge is 0.158 e. The van der Waals surface area contributed by atoms with Gasteiger partial charge in [0.2, 0.25) is 0 Å². The van der Waals surface area contributed by atoms with E-state index < -0.39 is 0 Å². The van der Waals surface area contributed by atoms with Crippen molar-refractivity contribution in [2.24, 2.45) is 17.6 Å². The number of hydrogen-bond donors (Lipinski definition) is 1. The molecule has 0 bridgehead atoms. The van der Waals surface area contributed by atoms with Crippen molar-refractivity contribution < 1.29 is 9.53 Å². The van der Waals surface area contributed by atoms with Gasteiger partial charge in [0.15, 0.2) is 5.78 Å². The Morgan fingerprint density at radius 1 is 1.27 bits per heavy atom. The summed E-state index contributed by atoms with van der Waals surface area (Å²) in [6.45, 7) is 8.98. The van der Waals surface area contributed by atoms with Gasteiger partial charge in [-0.05, 0) is 38.6 Å². The molecule has 90 valence electrons. The van der Waals surface area contributed by atoms with E-state index in [9.17, 15) is 4.79 Å². The summed E-state index contributed by atoms with van der Waals surface area (Å²) in [5.41, 5.74) is 5.63. The summed E-state index contributed by atoms with van der Waals surface area (Å²) in [5.74, 6) is 1.07. The fourth-order valence-corrected chi connectivity index (χ4v) is 1.57. The number of ketones is 1. The standard InChI is InChI=1S/C12H25NO2/c1-9(2)5-11(7-13)6-12(14)8-15-10(3)4/h9-11H,5-8,13H2,1-4H3. The highest BCUT2D eigenvalue weighted by molar-refractivity contribution is 5.79. The van der Waals surface area contributed by atoms with Crippen LogP contribution in [0.15, 0.2) is 0 Å². The van der Waals surface area contributed by atoms with Crippen molar-refractivity contribution in [2.75, 3.05) is 13.2 Å². The molecule has 2 N–H and O–H groups in total. The Balaban J connectivity index is 3.80. The zero-order chi connectivity index (χ0) is 11.8. The molecule has 0 aliphatic heterocycles. The normalized spacial score (nSPS) is 13.5. The van der Waals surface area contributed by atoms with Crippen LogP contribution in [0.1, 0.15) is 40.5 Å². The molecule has 15 heavy (non-hydrogen) atoms. The highest BCUT2D eigenvalue weighted by atomic mass is 16.5. The van der Waals surface area contributed by atoms with Crippen LogP contribution in [0.3, 0.4) is 0 Å². The topological polar surface area (TPSA) is 52.3 Å². The van der Waals surface area contributed by atoms with Crippen LogP contribution in [-0.2, 0) is 9.53 Å². The summed E-state index contributed by atoms with van der Waals surface area (Å²) in [6, 6.07) is 0. The molecule has 3 nitrogen and oxygen atoms in total. The first-order valence-corrected chi connectivity index (χ1v) is 5.79. The number of carbonyl (C=O) groups is 1. The van der Waals surface area contributed by atoms with Crippen LogP contribution in [0, 0.1) is 11.8 Å². The third kappa shape index (κ3) is 8.58. The average molecular weight is 215 g/mol. The van der Waals surface area contributed by atoms with Gasteiger partial charge in [-0.2, -0.15) is 0 Å². The number of ether oxygens (including phenoxy) is 1. The summed E-state index contributed by atoms with van der Waals surface area (Å²) in [7, 11) is 0. The van der Waals surface area contributed by atoms with Crippen molar-refractivity contribution in [1.82, 2.24) is 0 Å². The van der Waals surface area contributed by atoms with Crippen LogP contribution in [0.5, 0.6) is 0 Å². The average Bonchev–Trinajstić information content (AvgIpc) is 2.13. The highest BCUT2D eigenvalue weighted by Crippen LogP contribution is 2.14. The van der Waals surface area contributed by atoms with E-state index in [0.29, 0.717) is 24.8 Å². The lowest BCUT2D eigenvalue weighted by atomic mass is 9.93. The van der Waals surface area contributed by atoms with Crippen LogP contribution in [0.2, 0.25) is 0 Å². The number of nitrogens with two attached hydrogens (primary N) is 1. The minimum Gasteiger partial charge on any atom is -0.371 e. The molecule has 0 heterocycles. The first-order valence-electron chi connectivity index (χ1n) is 5.79. The summed E-state index contributed by atoms with van der Waals surface area (Å²) >= 11 is 0. The molecular weight excluding hydrogens is 190 g/mol. The van der Waals surface area contributed by atoms with Gasteiger partial charge in [-0.15, -0.1) is 0 Å². The molecule has 0 fully saturated rings. The van der Waals surface area contributed by atoms with Crippen LogP contribution in [0.4, 0.5) is 0 Å². The Kier molecular flexibility index (Phi) is 7.61. The van der Waals surface area contributed by atoms with Crippen LogP contribution in [-0.4, -0.2) is 25.0 Å². The molecule has 0 aliphatic rings. The second kappa shape index (κ2) is 7.83. The van der Waals surface area contributed by atoms with E-state index in [2.05, 4.69) is 13.8 Å². The number of hydrogen-bond acceptors (Lipinski definition) is 3. The monoisotopic (exact) mass is 215 g/mol. The van der Waals surface area contributed by atoms with Gasteiger partial charge in [0, 0.05) is 6.42 Å². The molecule has 0 rings (SSSR count). The first-order chi connectivity index (χ1) is 6.95. The molecule has 1 atom stereocenters. The largest absolute Gasteiger partial charge is 0.371 e. The van der Waals surface area contributed by atoms with Gasteiger partial charge in [0.1, 0.15) is 6.61 Å². The van der Waals surface area contributed by atoms with Gasteiger partial charge >= 0.3 is 0 Å². The number of Topliss-reactive ketones (excluding diaryl/α,β-unsaturated/α-hetero) is 1.